The van der Waals surface area contributed by atoms with Crippen LogP contribution in [0.15, 0.2) is 46.9 Å². The van der Waals surface area contributed by atoms with E-state index in [-0.39, 0.29) is 12.0 Å². The lowest BCUT2D eigenvalue weighted by Gasteiger charge is -2.30. The third-order valence-corrected chi connectivity index (χ3v) is 3.84. The number of aryl methyl sites for hydroxylation is 1. The molecule has 1 aromatic heterocycles. The lowest BCUT2D eigenvalue weighted by atomic mass is 10.2. The molecule has 1 aliphatic heterocycles. The van der Waals surface area contributed by atoms with Gasteiger partial charge in [0, 0.05) is 12.6 Å². The Morgan fingerprint density at radius 2 is 2.04 bits per heavy atom. The summed E-state index contributed by atoms with van der Waals surface area (Å²) >= 11 is 0. The van der Waals surface area contributed by atoms with Crippen LogP contribution in [0.1, 0.15) is 18.4 Å². The summed E-state index contributed by atoms with van der Waals surface area (Å²) in [5.74, 6) is 2.88. The highest BCUT2D eigenvalue weighted by Crippen LogP contribution is 2.31. The molecule has 0 bridgehead atoms. The van der Waals surface area contributed by atoms with Crippen molar-refractivity contribution in [3.05, 3.63) is 54.0 Å². The van der Waals surface area contributed by atoms with E-state index in [1.165, 1.54) is 6.08 Å². The van der Waals surface area contributed by atoms with Crippen LogP contribution in [0.2, 0.25) is 0 Å². The third kappa shape index (κ3) is 3.79. The van der Waals surface area contributed by atoms with Crippen molar-refractivity contribution in [3.8, 4) is 11.5 Å². The van der Waals surface area contributed by atoms with Gasteiger partial charge >= 0.3 is 0 Å². The molecule has 5 heteroatoms. The first-order valence-electron chi connectivity index (χ1n) is 8.07. The number of likely N-dealkylation sites (N-methyl/N-ethyl adjacent to an activating group) is 1. The second-order valence-corrected chi connectivity index (χ2v) is 5.66. The zero-order valence-corrected chi connectivity index (χ0v) is 13.9. The Labute approximate surface area is 141 Å². The number of hydrogen-bond acceptors (Lipinski definition) is 4. The number of carbonyl (C=O) groups is 1. The molecule has 2 aromatic rings. The Morgan fingerprint density at radius 1 is 1.25 bits per heavy atom. The fraction of sp³-hybridized carbons (Fsp3) is 0.316. The number of hydrogen-bond donors (Lipinski definition) is 0. The zero-order chi connectivity index (χ0) is 16.9. The quantitative estimate of drug-likeness (QED) is 0.791. The number of fused-ring (bicyclic) bond motifs is 1. The maximum atomic E-state index is 12.4. The number of nitrogens with zero attached hydrogens (tertiary/aromatic N) is 1. The van der Waals surface area contributed by atoms with Crippen LogP contribution in [-0.2, 0) is 4.79 Å². The summed E-state index contributed by atoms with van der Waals surface area (Å²) in [7, 11) is 0. The second kappa shape index (κ2) is 7.25. The molecule has 3 rings (SSSR count). The Bertz CT molecular complexity index is 734. The number of amides is 1. The van der Waals surface area contributed by atoms with Gasteiger partial charge in [0.15, 0.2) is 17.6 Å². The van der Waals surface area contributed by atoms with E-state index in [0.29, 0.717) is 25.5 Å². The molecule has 0 N–H and O–H groups in total. The first-order valence-corrected chi connectivity index (χ1v) is 8.07. The van der Waals surface area contributed by atoms with Gasteiger partial charge in [0.1, 0.15) is 18.1 Å². The van der Waals surface area contributed by atoms with Crippen LogP contribution in [0.3, 0.4) is 0 Å². The molecule has 0 aliphatic carbocycles. The van der Waals surface area contributed by atoms with E-state index in [1.54, 1.807) is 11.0 Å². The minimum absolute atomic E-state index is 0.0750. The van der Waals surface area contributed by atoms with Crippen molar-refractivity contribution in [2.24, 2.45) is 0 Å². The van der Waals surface area contributed by atoms with Crippen LogP contribution in [-0.4, -0.2) is 36.6 Å². The van der Waals surface area contributed by atoms with Crippen molar-refractivity contribution in [2.75, 3.05) is 19.7 Å². The molecule has 1 aromatic carbocycles. The summed E-state index contributed by atoms with van der Waals surface area (Å²) < 4.78 is 17.1. The van der Waals surface area contributed by atoms with Crippen molar-refractivity contribution in [1.29, 1.82) is 0 Å². The average molecular weight is 327 g/mol. The number of rotatable bonds is 5. The van der Waals surface area contributed by atoms with Crippen molar-refractivity contribution in [1.82, 2.24) is 4.90 Å². The van der Waals surface area contributed by atoms with Crippen molar-refractivity contribution >= 4 is 12.0 Å². The minimum Gasteiger partial charge on any atom is -0.486 e. The predicted octanol–water partition coefficient (Wildman–Crippen LogP) is 3.29. The van der Waals surface area contributed by atoms with E-state index in [0.717, 1.165) is 17.3 Å². The van der Waals surface area contributed by atoms with Gasteiger partial charge in [-0.15, -0.1) is 0 Å². The van der Waals surface area contributed by atoms with Gasteiger partial charge in [0.2, 0.25) is 5.91 Å². The van der Waals surface area contributed by atoms with Gasteiger partial charge in [0.05, 0.1) is 6.54 Å². The van der Waals surface area contributed by atoms with Crippen molar-refractivity contribution in [3.63, 3.8) is 0 Å². The van der Waals surface area contributed by atoms with E-state index >= 15 is 0 Å². The standard InChI is InChI=1S/C19H21NO4/c1-3-20(19(21)11-10-15-9-8-14(2)23-15)12-16-13-22-17-6-4-5-7-18(17)24-16/h4-11,16H,3,12-13H2,1-2H3. The molecule has 24 heavy (non-hydrogen) atoms. The first-order chi connectivity index (χ1) is 11.7. The number of ether oxygens (including phenoxy) is 2. The van der Waals surface area contributed by atoms with Gasteiger partial charge < -0.3 is 18.8 Å². The third-order valence-electron chi connectivity index (χ3n) is 3.84. The highest BCUT2D eigenvalue weighted by atomic mass is 16.6. The maximum absolute atomic E-state index is 12.4. The van der Waals surface area contributed by atoms with Gasteiger partial charge in [-0.3, -0.25) is 4.79 Å². The van der Waals surface area contributed by atoms with Crippen LogP contribution >= 0.6 is 0 Å². The van der Waals surface area contributed by atoms with Gasteiger partial charge in [0.25, 0.3) is 0 Å². The molecule has 2 heterocycles. The molecule has 0 fully saturated rings. The Balaban J connectivity index is 1.60. The topological polar surface area (TPSA) is 51.9 Å². The van der Waals surface area contributed by atoms with Gasteiger partial charge in [-0.25, -0.2) is 0 Å². The molecule has 1 unspecified atom stereocenters. The molecule has 5 nitrogen and oxygen atoms in total. The monoisotopic (exact) mass is 327 g/mol. The summed E-state index contributed by atoms with van der Waals surface area (Å²) in [5.41, 5.74) is 0. The maximum Gasteiger partial charge on any atom is 0.246 e. The molecular formula is C19H21NO4. The Kier molecular flexibility index (Phi) is 4.89. The Hall–Kier alpha value is -2.69. The predicted molar refractivity (Wildman–Crippen MR) is 91.1 cm³/mol. The van der Waals surface area contributed by atoms with E-state index in [9.17, 15) is 4.79 Å². The number of carbonyl (C=O) groups excluding carboxylic acids is 1. The highest BCUT2D eigenvalue weighted by Gasteiger charge is 2.24. The zero-order valence-electron chi connectivity index (χ0n) is 13.9. The molecule has 126 valence electrons. The van der Waals surface area contributed by atoms with Gasteiger partial charge in [-0.05, 0) is 44.2 Å². The molecule has 1 amide bonds. The van der Waals surface area contributed by atoms with Crippen LogP contribution in [0.4, 0.5) is 0 Å². The number of furan rings is 1. The van der Waals surface area contributed by atoms with Crippen molar-refractivity contribution < 1.29 is 18.7 Å². The molecule has 0 radical (unpaired) electrons. The molecule has 1 atom stereocenters. The van der Waals surface area contributed by atoms with Crippen LogP contribution in [0, 0.1) is 6.92 Å². The normalized spacial score (nSPS) is 16.3. The molecule has 0 spiro atoms. The van der Waals surface area contributed by atoms with Gasteiger partial charge in [-0.1, -0.05) is 12.1 Å². The Morgan fingerprint density at radius 3 is 2.75 bits per heavy atom. The van der Waals surface area contributed by atoms with Crippen molar-refractivity contribution in [2.45, 2.75) is 20.0 Å². The summed E-state index contributed by atoms with van der Waals surface area (Å²) in [6, 6.07) is 11.3. The van der Waals surface area contributed by atoms with E-state index in [1.807, 2.05) is 50.2 Å². The number of benzene rings is 1. The molecule has 1 aliphatic rings. The summed E-state index contributed by atoms with van der Waals surface area (Å²) in [6.07, 6.45) is 3.04. The minimum atomic E-state index is -0.178. The lowest BCUT2D eigenvalue weighted by Crippen LogP contribution is -2.43. The molecule has 0 saturated carbocycles. The van der Waals surface area contributed by atoms with Gasteiger partial charge in [-0.2, -0.15) is 0 Å². The van der Waals surface area contributed by atoms with Crippen LogP contribution in [0.5, 0.6) is 11.5 Å². The highest BCUT2D eigenvalue weighted by molar-refractivity contribution is 5.91. The SMILES string of the molecule is CCN(CC1COc2ccccc2O1)C(=O)C=Cc1ccc(C)o1. The smallest absolute Gasteiger partial charge is 0.246 e. The van der Waals surface area contributed by atoms with Crippen LogP contribution in [0.25, 0.3) is 6.08 Å². The fourth-order valence-electron chi connectivity index (χ4n) is 2.58. The molecule has 0 saturated heterocycles. The largest absolute Gasteiger partial charge is 0.486 e. The second-order valence-electron chi connectivity index (χ2n) is 5.66. The summed E-state index contributed by atoms with van der Waals surface area (Å²) in [4.78, 5) is 14.1. The lowest BCUT2D eigenvalue weighted by molar-refractivity contribution is -0.127. The summed E-state index contributed by atoms with van der Waals surface area (Å²) in [5, 5.41) is 0. The van der Waals surface area contributed by atoms with E-state index in [4.69, 9.17) is 13.9 Å². The fourth-order valence-corrected chi connectivity index (χ4v) is 2.58. The van der Waals surface area contributed by atoms with E-state index < -0.39 is 0 Å². The van der Waals surface area contributed by atoms with E-state index in [2.05, 4.69) is 0 Å². The van der Waals surface area contributed by atoms with Crippen LogP contribution < -0.4 is 9.47 Å². The molecular weight excluding hydrogens is 306 g/mol. The first kappa shape index (κ1) is 16.2. The summed E-state index contributed by atoms with van der Waals surface area (Å²) in [6.45, 7) is 5.32. The average Bonchev–Trinajstić information content (AvgIpc) is 3.02. The number of para-hydroxylation sites is 2.